The Morgan fingerprint density at radius 2 is 1.57 bits per heavy atom. The number of amides is 2. The number of anilines is 1. The standard InChI is InChI=1S/C23H25N3O2/c1-26(21-10-3-2-4-11-21)15-7-14-24-22(27)17-25-23(28)20-13-12-18-8-5-6-9-19(18)16-20/h2-6,8-13,16H,7,14-15,17H2,1H3,(H,24,27)(H,25,28). The second kappa shape index (κ2) is 9.55. The van der Waals surface area contributed by atoms with Gasteiger partial charge in [-0.25, -0.2) is 0 Å². The molecule has 0 spiro atoms. The van der Waals surface area contributed by atoms with Gasteiger partial charge in [0.15, 0.2) is 0 Å². The molecule has 2 N–H and O–H groups in total. The molecule has 3 rings (SSSR count). The van der Waals surface area contributed by atoms with Crippen LogP contribution in [0.4, 0.5) is 5.69 Å². The Bertz CT molecular complexity index is 941. The number of fused-ring (bicyclic) bond motifs is 1. The van der Waals surface area contributed by atoms with E-state index in [4.69, 9.17) is 0 Å². The first-order valence-corrected chi connectivity index (χ1v) is 9.43. The molecule has 0 saturated heterocycles. The lowest BCUT2D eigenvalue weighted by Gasteiger charge is -2.19. The molecule has 0 aliphatic rings. The molecule has 0 unspecified atom stereocenters. The zero-order valence-corrected chi connectivity index (χ0v) is 16.0. The summed E-state index contributed by atoms with van der Waals surface area (Å²) < 4.78 is 0. The number of carbonyl (C=O) groups is 2. The van der Waals surface area contributed by atoms with Crippen LogP contribution in [-0.4, -0.2) is 38.5 Å². The Hall–Kier alpha value is -3.34. The van der Waals surface area contributed by atoms with Crippen molar-refractivity contribution in [2.75, 3.05) is 31.6 Å². The van der Waals surface area contributed by atoms with E-state index in [1.807, 2.05) is 61.6 Å². The maximum absolute atomic E-state index is 12.3. The number of hydrogen-bond acceptors (Lipinski definition) is 3. The van der Waals surface area contributed by atoms with Gasteiger partial charge in [0, 0.05) is 31.4 Å². The molecule has 0 fully saturated rings. The van der Waals surface area contributed by atoms with Crippen molar-refractivity contribution in [3.63, 3.8) is 0 Å². The lowest BCUT2D eigenvalue weighted by atomic mass is 10.1. The Balaban J connectivity index is 1.38. The van der Waals surface area contributed by atoms with Gasteiger partial charge in [-0.2, -0.15) is 0 Å². The molecule has 144 valence electrons. The third-order valence-corrected chi connectivity index (χ3v) is 4.61. The fourth-order valence-electron chi connectivity index (χ4n) is 3.01. The molecule has 0 atom stereocenters. The molecule has 0 aliphatic carbocycles. The normalized spacial score (nSPS) is 10.5. The van der Waals surface area contributed by atoms with Crippen LogP contribution in [0.15, 0.2) is 72.8 Å². The number of benzene rings is 3. The van der Waals surface area contributed by atoms with E-state index in [1.54, 1.807) is 6.07 Å². The Morgan fingerprint density at radius 3 is 2.36 bits per heavy atom. The van der Waals surface area contributed by atoms with E-state index in [2.05, 4.69) is 27.7 Å². The van der Waals surface area contributed by atoms with Crippen LogP contribution in [0, 0.1) is 0 Å². The lowest BCUT2D eigenvalue weighted by molar-refractivity contribution is -0.120. The third kappa shape index (κ3) is 5.33. The predicted molar refractivity (Wildman–Crippen MR) is 114 cm³/mol. The molecule has 0 saturated carbocycles. The zero-order chi connectivity index (χ0) is 19.8. The fraction of sp³-hybridized carbons (Fsp3) is 0.217. The minimum absolute atomic E-state index is 0.0276. The van der Waals surface area contributed by atoms with Gasteiger partial charge < -0.3 is 15.5 Å². The molecule has 5 heteroatoms. The van der Waals surface area contributed by atoms with E-state index < -0.39 is 0 Å². The van der Waals surface area contributed by atoms with Crippen LogP contribution in [0.2, 0.25) is 0 Å². The largest absolute Gasteiger partial charge is 0.375 e. The van der Waals surface area contributed by atoms with Gasteiger partial charge in [-0.1, -0.05) is 48.5 Å². The van der Waals surface area contributed by atoms with Crippen LogP contribution in [-0.2, 0) is 4.79 Å². The van der Waals surface area contributed by atoms with Gasteiger partial charge >= 0.3 is 0 Å². The second-order valence-corrected chi connectivity index (χ2v) is 6.71. The molecule has 5 nitrogen and oxygen atoms in total. The van der Waals surface area contributed by atoms with Crippen molar-refractivity contribution in [3.05, 3.63) is 78.4 Å². The smallest absolute Gasteiger partial charge is 0.251 e. The van der Waals surface area contributed by atoms with Crippen molar-refractivity contribution >= 4 is 28.3 Å². The van der Waals surface area contributed by atoms with Crippen LogP contribution >= 0.6 is 0 Å². The highest BCUT2D eigenvalue weighted by Gasteiger charge is 2.08. The highest BCUT2D eigenvalue weighted by atomic mass is 16.2. The molecule has 0 radical (unpaired) electrons. The maximum Gasteiger partial charge on any atom is 0.251 e. The summed E-state index contributed by atoms with van der Waals surface area (Å²) in [5.74, 6) is -0.429. The average Bonchev–Trinajstić information content (AvgIpc) is 2.75. The van der Waals surface area contributed by atoms with Crippen LogP contribution < -0.4 is 15.5 Å². The summed E-state index contributed by atoms with van der Waals surface area (Å²) in [6, 6.07) is 23.5. The molecule has 0 bridgehead atoms. The van der Waals surface area contributed by atoms with Crippen molar-refractivity contribution in [2.45, 2.75) is 6.42 Å². The molecular formula is C23H25N3O2. The summed E-state index contributed by atoms with van der Waals surface area (Å²) >= 11 is 0. The van der Waals surface area contributed by atoms with E-state index in [1.165, 1.54) is 0 Å². The van der Waals surface area contributed by atoms with Gasteiger partial charge in [0.2, 0.25) is 5.91 Å². The predicted octanol–water partition coefficient (Wildman–Crippen LogP) is 3.21. The van der Waals surface area contributed by atoms with E-state index in [9.17, 15) is 9.59 Å². The van der Waals surface area contributed by atoms with Crippen molar-refractivity contribution in [2.24, 2.45) is 0 Å². The maximum atomic E-state index is 12.3. The molecule has 3 aromatic rings. The van der Waals surface area contributed by atoms with E-state index in [-0.39, 0.29) is 18.4 Å². The number of carbonyl (C=O) groups excluding carboxylic acids is 2. The molecule has 0 aliphatic heterocycles. The van der Waals surface area contributed by atoms with E-state index >= 15 is 0 Å². The summed E-state index contributed by atoms with van der Waals surface area (Å²) in [4.78, 5) is 26.4. The van der Waals surface area contributed by atoms with Gasteiger partial charge in [-0.15, -0.1) is 0 Å². The summed E-state index contributed by atoms with van der Waals surface area (Å²) in [6.07, 6.45) is 0.829. The van der Waals surface area contributed by atoms with Crippen molar-refractivity contribution in [1.82, 2.24) is 10.6 Å². The SMILES string of the molecule is CN(CCCNC(=O)CNC(=O)c1ccc2ccccc2c1)c1ccccc1. The summed E-state index contributed by atoms with van der Waals surface area (Å²) in [5.41, 5.74) is 1.70. The highest BCUT2D eigenvalue weighted by molar-refractivity contribution is 5.99. The number of rotatable bonds is 8. The minimum Gasteiger partial charge on any atom is -0.375 e. The van der Waals surface area contributed by atoms with Gasteiger partial charge in [0.1, 0.15) is 0 Å². The van der Waals surface area contributed by atoms with Gasteiger partial charge in [0.05, 0.1) is 6.54 Å². The van der Waals surface area contributed by atoms with E-state index in [0.29, 0.717) is 12.1 Å². The van der Waals surface area contributed by atoms with Gasteiger partial charge in [-0.3, -0.25) is 9.59 Å². The molecule has 28 heavy (non-hydrogen) atoms. The number of hydrogen-bond donors (Lipinski definition) is 2. The monoisotopic (exact) mass is 375 g/mol. The quantitative estimate of drug-likeness (QED) is 0.595. The third-order valence-electron chi connectivity index (χ3n) is 4.61. The number of para-hydroxylation sites is 1. The Labute approximate surface area is 165 Å². The van der Waals surface area contributed by atoms with Crippen LogP contribution in [0.3, 0.4) is 0 Å². The second-order valence-electron chi connectivity index (χ2n) is 6.71. The van der Waals surface area contributed by atoms with Crippen molar-refractivity contribution in [1.29, 1.82) is 0 Å². The molecule has 0 aromatic heterocycles. The number of nitrogens with zero attached hydrogens (tertiary/aromatic N) is 1. The zero-order valence-electron chi connectivity index (χ0n) is 16.0. The van der Waals surface area contributed by atoms with E-state index in [0.717, 1.165) is 29.4 Å². The lowest BCUT2D eigenvalue weighted by Crippen LogP contribution is -2.38. The summed E-state index contributed by atoms with van der Waals surface area (Å²) in [7, 11) is 2.03. The molecule has 3 aromatic carbocycles. The first-order valence-electron chi connectivity index (χ1n) is 9.43. The summed E-state index contributed by atoms with van der Waals surface area (Å²) in [5, 5.41) is 7.61. The molecular weight excluding hydrogens is 350 g/mol. The molecule has 2 amide bonds. The minimum atomic E-state index is -0.246. The van der Waals surface area contributed by atoms with Crippen LogP contribution in [0.5, 0.6) is 0 Å². The van der Waals surface area contributed by atoms with Gasteiger partial charge in [-0.05, 0) is 41.5 Å². The summed E-state index contributed by atoms with van der Waals surface area (Å²) in [6.45, 7) is 1.38. The van der Waals surface area contributed by atoms with Crippen molar-refractivity contribution < 1.29 is 9.59 Å². The van der Waals surface area contributed by atoms with Crippen LogP contribution in [0.1, 0.15) is 16.8 Å². The van der Waals surface area contributed by atoms with Crippen molar-refractivity contribution in [3.8, 4) is 0 Å². The van der Waals surface area contributed by atoms with Crippen LogP contribution in [0.25, 0.3) is 10.8 Å². The fourth-order valence-corrected chi connectivity index (χ4v) is 3.01. The molecule has 0 heterocycles. The average molecular weight is 375 g/mol. The first-order chi connectivity index (χ1) is 13.6. The van der Waals surface area contributed by atoms with Gasteiger partial charge in [0.25, 0.3) is 5.91 Å². The topological polar surface area (TPSA) is 61.4 Å². The Morgan fingerprint density at radius 1 is 0.857 bits per heavy atom. The first kappa shape index (κ1) is 19.4. The Kier molecular flexibility index (Phi) is 6.63. The highest BCUT2D eigenvalue weighted by Crippen LogP contribution is 2.15. The number of nitrogens with one attached hydrogen (secondary N) is 2.